The van der Waals surface area contributed by atoms with Gasteiger partial charge in [0.15, 0.2) is 0 Å². The lowest BCUT2D eigenvalue weighted by atomic mass is 9.91. The smallest absolute Gasteiger partial charge is 0.315 e. The Bertz CT molecular complexity index is 390. The maximum absolute atomic E-state index is 11.8. The maximum atomic E-state index is 11.8. The first-order valence-electron chi connectivity index (χ1n) is 6.56. The molecule has 1 aromatic rings. The van der Waals surface area contributed by atoms with E-state index in [1.807, 2.05) is 25.3 Å². The molecule has 108 valence electrons. The number of aliphatic hydroxyl groups is 1. The van der Waals surface area contributed by atoms with Crippen LogP contribution in [0.15, 0.2) is 17.5 Å². The quantitative estimate of drug-likeness (QED) is 0.751. The van der Waals surface area contributed by atoms with E-state index in [4.69, 9.17) is 5.11 Å². The number of aliphatic hydroxyl groups excluding tert-OH is 1. The highest BCUT2D eigenvalue weighted by Crippen LogP contribution is 2.26. The van der Waals surface area contributed by atoms with E-state index in [0.29, 0.717) is 6.54 Å². The zero-order valence-corrected chi connectivity index (χ0v) is 12.9. The Labute approximate surface area is 119 Å². The van der Waals surface area contributed by atoms with Gasteiger partial charge in [0.25, 0.3) is 0 Å². The molecule has 3 N–H and O–H groups in total. The van der Waals surface area contributed by atoms with Crippen molar-refractivity contribution in [1.29, 1.82) is 0 Å². The van der Waals surface area contributed by atoms with Crippen LogP contribution in [-0.4, -0.2) is 30.3 Å². The number of hydrogen-bond donors (Lipinski definition) is 3. The third-order valence-corrected chi connectivity index (χ3v) is 4.62. The summed E-state index contributed by atoms with van der Waals surface area (Å²) in [6, 6.07) is 3.88. The van der Waals surface area contributed by atoms with E-state index in [0.717, 1.165) is 0 Å². The topological polar surface area (TPSA) is 61.4 Å². The van der Waals surface area contributed by atoms with Crippen molar-refractivity contribution in [2.24, 2.45) is 5.92 Å². The van der Waals surface area contributed by atoms with Gasteiger partial charge < -0.3 is 15.7 Å². The molecule has 1 rings (SSSR count). The summed E-state index contributed by atoms with van der Waals surface area (Å²) >= 11 is 1.70. The SMILES string of the molecule is CC(CO)C(C)NC(=O)NCC(C)(C)c1cccs1. The fraction of sp³-hybridized carbons (Fsp3) is 0.643. The van der Waals surface area contributed by atoms with Crippen molar-refractivity contribution < 1.29 is 9.90 Å². The summed E-state index contributed by atoms with van der Waals surface area (Å²) in [5, 5.41) is 16.8. The van der Waals surface area contributed by atoms with Crippen molar-refractivity contribution in [2.75, 3.05) is 13.2 Å². The summed E-state index contributed by atoms with van der Waals surface area (Å²) in [5.74, 6) is 0.0519. The Balaban J connectivity index is 2.42. The Morgan fingerprint density at radius 1 is 1.47 bits per heavy atom. The number of hydrogen-bond acceptors (Lipinski definition) is 3. The van der Waals surface area contributed by atoms with Crippen molar-refractivity contribution in [1.82, 2.24) is 10.6 Å². The van der Waals surface area contributed by atoms with E-state index in [1.165, 1.54) is 4.88 Å². The maximum Gasteiger partial charge on any atom is 0.315 e. The molecule has 0 saturated carbocycles. The molecule has 0 aliphatic rings. The molecular weight excluding hydrogens is 260 g/mol. The minimum Gasteiger partial charge on any atom is -0.396 e. The normalized spacial score (nSPS) is 14.8. The molecule has 1 aromatic heterocycles. The van der Waals surface area contributed by atoms with Crippen LogP contribution in [0.5, 0.6) is 0 Å². The number of carbonyl (C=O) groups is 1. The predicted molar refractivity (Wildman–Crippen MR) is 79.6 cm³/mol. The number of rotatable bonds is 6. The van der Waals surface area contributed by atoms with Crippen LogP contribution in [0.3, 0.4) is 0 Å². The largest absolute Gasteiger partial charge is 0.396 e. The molecule has 0 bridgehead atoms. The molecule has 5 heteroatoms. The molecule has 0 spiro atoms. The first-order valence-corrected chi connectivity index (χ1v) is 7.44. The summed E-state index contributed by atoms with van der Waals surface area (Å²) in [5.41, 5.74) is -0.0721. The lowest BCUT2D eigenvalue weighted by Gasteiger charge is -2.25. The third kappa shape index (κ3) is 4.84. The molecule has 0 aliphatic heterocycles. The van der Waals surface area contributed by atoms with E-state index in [9.17, 15) is 4.79 Å². The molecule has 4 nitrogen and oxygen atoms in total. The zero-order valence-electron chi connectivity index (χ0n) is 12.1. The average molecular weight is 284 g/mol. The average Bonchev–Trinajstić information content (AvgIpc) is 2.90. The van der Waals surface area contributed by atoms with E-state index in [2.05, 4.69) is 30.5 Å². The summed E-state index contributed by atoms with van der Waals surface area (Å²) in [7, 11) is 0. The summed E-state index contributed by atoms with van der Waals surface area (Å²) < 4.78 is 0. The van der Waals surface area contributed by atoms with Crippen LogP contribution in [0.1, 0.15) is 32.6 Å². The first-order chi connectivity index (χ1) is 8.86. The van der Waals surface area contributed by atoms with Crippen LogP contribution in [0.25, 0.3) is 0 Å². The van der Waals surface area contributed by atoms with Gasteiger partial charge in [-0.15, -0.1) is 11.3 Å². The number of nitrogens with one attached hydrogen (secondary N) is 2. The lowest BCUT2D eigenvalue weighted by Crippen LogP contribution is -2.47. The molecule has 0 radical (unpaired) electrons. The number of urea groups is 1. The third-order valence-electron chi connectivity index (χ3n) is 3.38. The molecule has 0 fully saturated rings. The lowest BCUT2D eigenvalue weighted by molar-refractivity contribution is 0.199. The van der Waals surface area contributed by atoms with Crippen LogP contribution in [0.2, 0.25) is 0 Å². The van der Waals surface area contributed by atoms with Crippen molar-refractivity contribution >= 4 is 17.4 Å². The summed E-state index contributed by atoms with van der Waals surface area (Å²) in [4.78, 5) is 13.0. The van der Waals surface area contributed by atoms with Crippen LogP contribution in [0, 0.1) is 5.92 Å². The Kier molecular flexibility index (Phi) is 5.82. The van der Waals surface area contributed by atoms with Gasteiger partial charge in [-0.3, -0.25) is 0 Å². The molecular formula is C14H24N2O2S. The van der Waals surface area contributed by atoms with E-state index in [1.54, 1.807) is 11.3 Å². The van der Waals surface area contributed by atoms with Gasteiger partial charge >= 0.3 is 6.03 Å². The van der Waals surface area contributed by atoms with E-state index in [-0.39, 0.29) is 30.0 Å². The Morgan fingerprint density at radius 2 is 2.16 bits per heavy atom. The number of amides is 2. The highest BCUT2D eigenvalue weighted by atomic mass is 32.1. The number of thiophene rings is 1. The number of carbonyl (C=O) groups excluding carboxylic acids is 1. The van der Waals surface area contributed by atoms with Crippen LogP contribution in [-0.2, 0) is 5.41 Å². The molecule has 1 heterocycles. The van der Waals surface area contributed by atoms with Gasteiger partial charge in [-0.05, 0) is 24.3 Å². The fourth-order valence-electron chi connectivity index (χ4n) is 1.61. The van der Waals surface area contributed by atoms with Gasteiger partial charge in [0.1, 0.15) is 0 Å². The minimum absolute atomic E-state index is 0.0464. The molecule has 2 atom stereocenters. The molecule has 0 aromatic carbocycles. The highest BCUT2D eigenvalue weighted by Gasteiger charge is 2.23. The Morgan fingerprint density at radius 3 is 2.68 bits per heavy atom. The van der Waals surface area contributed by atoms with Gasteiger partial charge in [0.05, 0.1) is 0 Å². The fourth-order valence-corrected chi connectivity index (χ4v) is 2.46. The zero-order chi connectivity index (χ0) is 14.5. The standard InChI is InChI=1S/C14H24N2O2S/c1-10(8-17)11(2)16-13(18)15-9-14(3,4)12-6-5-7-19-12/h5-7,10-11,17H,8-9H2,1-4H3,(H2,15,16,18). The van der Waals surface area contributed by atoms with Crippen LogP contribution >= 0.6 is 11.3 Å². The van der Waals surface area contributed by atoms with Crippen LogP contribution in [0.4, 0.5) is 4.79 Å². The van der Waals surface area contributed by atoms with E-state index < -0.39 is 0 Å². The van der Waals surface area contributed by atoms with Gasteiger partial charge in [-0.1, -0.05) is 26.8 Å². The van der Waals surface area contributed by atoms with E-state index >= 15 is 0 Å². The molecule has 2 unspecified atom stereocenters. The summed E-state index contributed by atoms with van der Waals surface area (Å²) in [6.45, 7) is 8.67. The van der Waals surface area contributed by atoms with Crippen molar-refractivity contribution in [3.8, 4) is 0 Å². The van der Waals surface area contributed by atoms with Gasteiger partial charge in [-0.2, -0.15) is 0 Å². The van der Waals surface area contributed by atoms with Crippen molar-refractivity contribution in [3.05, 3.63) is 22.4 Å². The minimum atomic E-state index is -0.183. The molecule has 0 saturated heterocycles. The molecule has 19 heavy (non-hydrogen) atoms. The van der Waals surface area contributed by atoms with Gasteiger partial charge in [-0.25, -0.2) is 4.79 Å². The van der Waals surface area contributed by atoms with Crippen molar-refractivity contribution in [2.45, 2.75) is 39.2 Å². The second-order valence-electron chi connectivity index (χ2n) is 5.64. The first kappa shape index (κ1) is 16.0. The Hall–Kier alpha value is -1.07. The molecule has 0 aliphatic carbocycles. The highest BCUT2D eigenvalue weighted by molar-refractivity contribution is 7.10. The summed E-state index contributed by atoms with van der Waals surface area (Å²) in [6.07, 6.45) is 0. The van der Waals surface area contributed by atoms with Gasteiger partial charge in [0.2, 0.25) is 0 Å². The second kappa shape index (κ2) is 6.91. The molecule has 2 amide bonds. The second-order valence-corrected chi connectivity index (χ2v) is 6.58. The monoisotopic (exact) mass is 284 g/mol. The predicted octanol–water partition coefficient (Wildman–Crippen LogP) is 2.34. The van der Waals surface area contributed by atoms with Gasteiger partial charge in [0, 0.05) is 29.5 Å². The van der Waals surface area contributed by atoms with Crippen LogP contribution < -0.4 is 10.6 Å². The van der Waals surface area contributed by atoms with Crippen molar-refractivity contribution in [3.63, 3.8) is 0 Å².